The number of rotatable bonds is 8. The fraction of sp³-hybridized carbons (Fsp3) is 0.838. The van der Waals surface area contributed by atoms with E-state index in [4.69, 9.17) is 47.4 Å². The van der Waals surface area contributed by atoms with Gasteiger partial charge in [-0.15, -0.1) is 0 Å². The van der Waals surface area contributed by atoms with Crippen molar-refractivity contribution in [1.82, 2.24) is 0 Å². The number of carbonyl (C=O) groups excluding carboxylic acids is 4. The van der Waals surface area contributed by atoms with E-state index in [2.05, 4.69) is 15.9 Å². The lowest BCUT2D eigenvalue weighted by Crippen LogP contribution is -2.79. The molecule has 3 N–H and O–H groups in total. The molecule has 0 radical (unpaired) electrons. The fourth-order valence-electron chi connectivity index (χ4n) is 12.8. The number of hydrogen-bond acceptors (Lipinski definition) is 17. The van der Waals surface area contributed by atoms with Crippen molar-refractivity contribution in [3.63, 3.8) is 0 Å². The van der Waals surface area contributed by atoms with Crippen LogP contribution < -0.4 is 0 Å². The SMILES string of the molecule is C/C=C(\C)C(=O)O[C@H]1C[C@@H](OC(C)=O)[C@@]2(C(=O)OC)CO[C@H]3[C@@H](O)[C@@](C)([C@]45O[C@@]4(C)[C@H]4C[C@@H]5O[C@@H]5O[C@H](OCC)[C@@H](Br)[C@@]54O)[C@H]4[C@]1(CO[C@]4(O)C(=O)OC)[C@@H]32. The van der Waals surface area contributed by atoms with E-state index in [9.17, 15) is 34.5 Å². The smallest absolute Gasteiger partial charge is 0.366 e. The molecule has 17 nitrogen and oxygen atoms in total. The molecule has 18 atom stereocenters. The molecule has 0 aromatic heterocycles. The number of aliphatic hydroxyl groups is 3. The molecule has 0 amide bonds. The lowest BCUT2D eigenvalue weighted by molar-refractivity contribution is -0.321. The van der Waals surface area contributed by atoms with E-state index in [1.807, 2.05) is 0 Å². The zero-order valence-corrected chi connectivity index (χ0v) is 33.5. The van der Waals surface area contributed by atoms with Crippen LogP contribution in [0, 0.1) is 34.0 Å². The number of fused-ring (bicyclic) bond motifs is 7. The average Bonchev–Trinajstić information content (AvgIpc) is 3.41. The molecule has 18 heteroatoms. The number of allylic oxidation sites excluding steroid dienone is 1. The van der Waals surface area contributed by atoms with Crippen LogP contribution >= 0.6 is 15.9 Å². The van der Waals surface area contributed by atoms with Gasteiger partial charge < -0.3 is 62.7 Å². The molecule has 0 unspecified atom stereocenters. The molecule has 8 rings (SSSR count). The number of epoxide rings is 1. The Bertz CT molecular complexity index is 1720. The van der Waals surface area contributed by atoms with Crippen LogP contribution in [0.2, 0.25) is 0 Å². The van der Waals surface area contributed by atoms with Gasteiger partial charge in [0.15, 0.2) is 12.6 Å². The maximum Gasteiger partial charge on any atom is 0.366 e. The van der Waals surface area contributed by atoms with Gasteiger partial charge in [-0.3, -0.25) is 9.59 Å². The third-order valence-corrected chi connectivity index (χ3v) is 16.0. The van der Waals surface area contributed by atoms with Crippen molar-refractivity contribution < 1.29 is 81.9 Å². The van der Waals surface area contributed by atoms with Crippen molar-refractivity contribution in [3.8, 4) is 0 Å². The van der Waals surface area contributed by atoms with Gasteiger partial charge in [0.25, 0.3) is 5.79 Å². The first-order valence-corrected chi connectivity index (χ1v) is 19.6. The molecular formula is C37H49BrO17. The zero-order chi connectivity index (χ0) is 40.1. The quantitative estimate of drug-likeness (QED) is 0.0989. The number of aliphatic hydroxyl groups excluding tert-OH is 1. The summed E-state index contributed by atoms with van der Waals surface area (Å²) in [5.41, 5.74) is -9.80. The van der Waals surface area contributed by atoms with Crippen molar-refractivity contribution in [3.05, 3.63) is 11.6 Å². The van der Waals surface area contributed by atoms with Crippen molar-refractivity contribution >= 4 is 39.8 Å². The van der Waals surface area contributed by atoms with Gasteiger partial charge in [-0.1, -0.05) is 28.9 Å². The highest BCUT2D eigenvalue weighted by molar-refractivity contribution is 9.09. The van der Waals surface area contributed by atoms with Crippen LogP contribution in [0.1, 0.15) is 54.4 Å². The van der Waals surface area contributed by atoms with Crippen LogP contribution in [0.5, 0.6) is 0 Å². The second-order valence-electron chi connectivity index (χ2n) is 16.7. The number of alkyl halides is 1. The Labute approximate surface area is 325 Å². The minimum absolute atomic E-state index is 0.210. The van der Waals surface area contributed by atoms with E-state index in [1.165, 1.54) is 6.92 Å². The second kappa shape index (κ2) is 12.4. The molecule has 55 heavy (non-hydrogen) atoms. The van der Waals surface area contributed by atoms with Gasteiger partial charge in [0.2, 0.25) is 0 Å². The standard InChI is InChI=1S/C37H49BrO17/c1-9-15(3)25(41)52-18-12-19(51-16(4)39)34(28(42)46-7)13-49-21-22(34)33(18)14-50-36(45,29(43)47-8)27(33)31(5,24(21)40)37-20-11-17(32(37,6)55-37)35(44)23(38)26(48-10-2)54-30(35)53-20/h9,17-24,26-27,30,40,44-45H,10-14H2,1-8H3/b15-9+/t17-,18+,19-,20+,21-,22-,23-,24-,26+,27+,30-,31-,32+,33+,34+,35-,36+,37+/m1/s1. The van der Waals surface area contributed by atoms with E-state index >= 15 is 0 Å². The Hall–Kier alpha value is -2.26. The lowest BCUT2D eigenvalue weighted by atomic mass is 9.37. The minimum Gasteiger partial charge on any atom is -0.468 e. The molecule has 5 aliphatic heterocycles. The van der Waals surface area contributed by atoms with Crippen LogP contribution in [0.15, 0.2) is 11.6 Å². The summed E-state index contributed by atoms with van der Waals surface area (Å²) < 4.78 is 60.8. The summed E-state index contributed by atoms with van der Waals surface area (Å²) in [6, 6.07) is 0. The first-order chi connectivity index (χ1) is 25.8. The normalized spacial score (nSPS) is 54.0. The highest BCUT2D eigenvalue weighted by atomic mass is 79.9. The number of halogens is 1. The Morgan fingerprint density at radius 1 is 0.964 bits per heavy atom. The molecule has 2 bridgehead atoms. The van der Waals surface area contributed by atoms with Crippen molar-refractivity contribution in [2.24, 2.45) is 34.0 Å². The molecule has 0 aromatic rings. The third-order valence-electron chi connectivity index (χ3n) is 14.9. The first-order valence-electron chi connectivity index (χ1n) is 18.7. The fourth-order valence-corrected chi connectivity index (χ4v) is 13.6. The minimum atomic E-state index is -2.85. The van der Waals surface area contributed by atoms with Crippen molar-refractivity contribution in [2.45, 2.75) is 125 Å². The summed E-state index contributed by atoms with van der Waals surface area (Å²) in [6.07, 6.45) is -7.15. The van der Waals surface area contributed by atoms with E-state index < -0.39 is 142 Å². The summed E-state index contributed by atoms with van der Waals surface area (Å²) in [4.78, 5) is 54.0. The first kappa shape index (κ1) is 39.6. The molecule has 5 saturated heterocycles. The number of esters is 4. The Balaban J connectivity index is 1.36. The topological polar surface area (TPSA) is 225 Å². The van der Waals surface area contributed by atoms with Crippen molar-refractivity contribution in [2.75, 3.05) is 34.0 Å². The van der Waals surface area contributed by atoms with Crippen LogP contribution in [-0.2, 0) is 66.5 Å². The van der Waals surface area contributed by atoms with Gasteiger partial charge in [-0.25, -0.2) is 9.59 Å². The van der Waals surface area contributed by atoms with Crippen LogP contribution in [0.4, 0.5) is 0 Å². The zero-order valence-electron chi connectivity index (χ0n) is 31.9. The summed E-state index contributed by atoms with van der Waals surface area (Å²) in [7, 11) is 2.23. The van der Waals surface area contributed by atoms with E-state index in [0.717, 1.165) is 14.2 Å². The van der Waals surface area contributed by atoms with Gasteiger partial charge in [0, 0.05) is 54.1 Å². The lowest BCUT2D eigenvalue weighted by Gasteiger charge is -2.65. The molecule has 3 saturated carbocycles. The maximum absolute atomic E-state index is 14.3. The summed E-state index contributed by atoms with van der Waals surface area (Å²) in [6.45, 7) is 8.94. The monoisotopic (exact) mass is 844 g/mol. The molecule has 1 spiro atoms. The van der Waals surface area contributed by atoms with Gasteiger partial charge >= 0.3 is 23.9 Å². The van der Waals surface area contributed by atoms with Crippen LogP contribution in [0.25, 0.3) is 0 Å². The Morgan fingerprint density at radius 3 is 2.27 bits per heavy atom. The Kier molecular flexibility index (Phi) is 8.90. The number of carbonyl (C=O) groups is 4. The van der Waals surface area contributed by atoms with Crippen molar-refractivity contribution in [1.29, 1.82) is 0 Å². The highest BCUT2D eigenvalue weighted by Crippen LogP contribution is 2.83. The molecular weight excluding hydrogens is 796 g/mol. The number of ether oxygens (including phenoxy) is 10. The van der Waals surface area contributed by atoms with Gasteiger partial charge in [0.1, 0.15) is 34.4 Å². The van der Waals surface area contributed by atoms with Crippen LogP contribution in [0.3, 0.4) is 0 Å². The van der Waals surface area contributed by atoms with Gasteiger partial charge in [-0.05, 0) is 34.1 Å². The summed E-state index contributed by atoms with van der Waals surface area (Å²) in [5, 5.41) is 38.3. The van der Waals surface area contributed by atoms with E-state index in [-0.39, 0.29) is 18.4 Å². The molecule has 3 aliphatic carbocycles. The second-order valence-corrected chi connectivity index (χ2v) is 17.7. The molecule has 8 fully saturated rings. The third kappa shape index (κ3) is 4.34. The largest absolute Gasteiger partial charge is 0.468 e. The van der Waals surface area contributed by atoms with E-state index in [0.29, 0.717) is 6.61 Å². The predicted octanol–water partition coefficient (Wildman–Crippen LogP) is 0.409. The number of methoxy groups -OCH3 is 2. The summed E-state index contributed by atoms with van der Waals surface area (Å²) >= 11 is 3.61. The molecule has 306 valence electrons. The van der Waals surface area contributed by atoms with Gasteiger partial charge in [0.05, 0.1) is 50.6 Å². The predicted molar refractivity (Wildman–Crippen MR) is 183 cm³/mol. The highest BCUT2D eigenvalue weighted by Gasteiger charge is 2.97. The summed E-state index contributed by atoms with van der Waals surface area (Å²) in [5.74, 6) is -9.96. The number of hydrogen-bond donors (Lipinski definition) is 3. The molecule has 5 heterocycles. The van der Waals surface area contributed by atoms with E-state index in [1.54, 1.807) is 40.7 Å². The average molecular weight is 846 g/mol. The molecule has 8 aliphatic rings. The van der Waals surface area contributed by atoms with Crippen LogP contribution in [-0.4, -0.2) is 144 Å². The Morgan fingerprint density at radius 2 is 1.65 bits per heavy atom. The maximum atomic E-state index is 14.3. The molecule has 0 aromatic carbocycles. The van der Waals surface area contributed by atoms with Gasteiger partial charge in [-0.2, -0.15) is 0 Å².